The van der Waals surface area contributed by atoms with E-state index in [1.807, 2.05) is 25.1 Å². The lowest BCUT2D eigenvalue weighted by Crippen LogP contribution is -2.20. The molecule has 0 unspecified atom stereocenters. The van der Waals surface area contributed by atoms with E-state index in [9.17, 15) is 9.59 Å². The SMILES string of the molecule is COc1cc(CC(=O)Nc2cccc(OCC(N)=O)c2)ccc1C. The number of hydrogen-bond donors (Lipinski definition) is 2. The zero-order valence-electron chi connectivity index (χ0n) is 13.7. The Labute approximate surface area is 140 Å². The molecule has 126 valence electrons. The summed E-state index contributed by atoms with van der Waals surface area (Å²) in [6, 6.07) is 12.4. The van der Waals surface area contributed by atoms with Crippen molar-refractivity contribution < 1.29 is 19.1 Å². The average Bonchev–Trinajstić information content (AvgIpc) is 2.55. The van der Waals surface area contributed by atoms with Gasteiger partial charge in [0.05, 0.1) is 13.5 Å². The Balaban J connectivity index is 1.99. The summed E-state index contributed by atoms with van der Waals surface area (Å²) in [5.74, 6) is 0.497. The van der Waals surface area contributed by atoms with Crippen molar-refractivity contribution in [2.24, 2.45) is 5.73 Å². The first-order valence-electron chi connectivity index (χ1n) is 7.42. The van der Waals surface area contributed by atoms with Gasteiger partial charge in [-0.3, -0.25) is 9.59 Å². The number of amides is 2. The van der Waals surface area contributed by atoms with Crippen molar-refractivity contribution in [3.63, 3.8) is 0 Å². The molecule has 0 radical (unpaired) electrons. The van der Waals surface area contributed by atoms with Gasteiger partial charge in [-0.15, -0.1) is 0 Å². The molecule has 24 heavy (non-hydrogen) atoms. The minimum Gasteiger partial charge on any atom is -0.496 e. The van der Waals surface area contributed by atoms with Crippen molar-refractivity contribution in [1.29, 1.82) is 0 Å². The lowest BCUT2D eigenvalue weighted by molar-refractivity contribution is -0.120. The predicted octanol–water partition coefficient (Wildman–Crippen LogP) is 2.05. The highest BCUT2D eigenvalue weighted by Crippen LogP contribution is 2.20. The van der Waals surface area contributed by atoms with E-state index in [-0.39, 0.29) is 18.9 Å². The molecule has 0 spiro atoms. The first kappa shape index (κ1) is 17.3. The second-order valence-corrected chi connectivity index (χ2v) is 5.31. The number of rotatable bonds is 7. The van der Waals surface area contributed by atoms with Gasteiger partial charge in [0.25, 0.3) is 5.91 Å². The molecule has 0 saturated heterocycles. The summed E-state index contributed by atoms with van der Waals surface area (Å²) >= 11 is 0. The zero-order valence-corrected chi connectivity index (χ0v) is 13.7. The molecular weight excluding hydrogens is 308 g/mol. The fraction of sp³-hybridized carbons (Fsp3) is 0.222. The molecule has 0 saturated carbocycles. The van der Waals surface area contributed by atoms with E-state index < -0.39 is 5.91 Å². The lowest BCUT2D eigenvalue weighted by Gasteiger charge is -2.10. The molecule has 2 rings (SSSR count). The van der Waals surface area contributed by atoms with Crippen LogP contribution in [0.3, 0.4) is 0 Å². The number of ether oxygens (including phenoxy) is 2. The second kappa shape index (κ2) is 8.01. The molecule has 0 bridgehead atoms. The largest absolute Gasteiger partial charge is 0.496 e. The highest BCUT2D eigenvalue weighted by Gasteiger charge is 2.07. The lowest BCUT2D eigenvalue weighted by atomic mass is 10.1. The molecule has 2 aromatic carbocycles. The van der Waals surface area contributed by atoms with Gasteiger partial charge >= 0.3 is 0 Å². The molecule has 3 N–H and O–H groups in total. The summed E-state index contributed by atoms with van der Waals surface area (Å²) in [5, 5.41) is 2.79. The van der Waals surface area contributed by atoms with Crippen LogP contribution in [0.4, 0.5) is 5.69 Å². The number of hydrogen-bond acceptors (Lipinski definition) is 4. The van der Waals surface area contributed by atoms with E-state index in [2.05, 4.69) is 5.32 Å². The van der Waals surface area contributed by atoms with Crippen LogP contribution in [0.1, 0.15) is 11.1 Å². The maximum Gasteiger partial charge on any atom is 0.255 e. The van der Waals surface area contributed by atoms with Gasteiger partial charge < -0.3 is 20.5 Å². The molecule has 0 aliphatic heterocycles. The van der Waals surface area contributed by atoms with Gasteiger partial charge in [-0.2, -0.15) is 0 Å². The molecule has 0 aromatic heterocycles. The number of nitrogens with two attached hydrogens (primary N) is 1. The summed E-state index contributed by atoms with van der Waals surface area (Å²) in [5.41, 5.74) is 7.49. The third-order valence-corrected chi connectivity index (χ3v) is 3.34. The molecule has 0 heterocycles. The Hall–Kier alpha value is -3.02. The zero-order chi connectivity index (χ0) is 17.5. The predicted molar refractivity (Wildman–Crippen MR) is 91.2 cm³/mol. The average molecular weight is 328 g/mol. The summed E-state index contributed by atoms with van der Waals surface area (Å²) < 4.78 is 10.5. The topological polar surface area (TPSA) is 90.7 Å². The summed E-state index contributed by atoms with van der Waals surface area (Å²) in [6.07, 6.45) is 0.225. The van der Waals surface area contributed by atoms with Crippen molar-refractivity contribution in [3.8, 4) is 11.5 Å². The number of nitrogens with one attached hydrogen (secondary N) is 1. The molecule has 6 nitrogen and oxygen atoms in total. The van der Waals surface area contributed by atoms with Crippen molar-refractivity contribution in [3.05, 3.63) is 53.6 Å². The third kappa shape index (κ3) is 5.01. The van der Waals surface area contributed by atoms with Gasteiger partial charge in [0.1, 0.15) is 11.5 Å². The van der Waals surface area contributed by atoms with E-state index in [4.69, 9.17) is 15.2 Å². The number of methoxy groups -OCH3 is 1. The van der Waals surface area contributed by atoms with E-state index in [0.717, 1.165) is 16.9 Å². The monoisotopic (exact) mass is 328 g/mol. The van der Waals surface area contributed by atoms with Crippen LogP contribution in [0.2, 0.25) is 0 Å². The number of benzene rings is 2. The van der Waals surface area contributed by atoms with Crippen LogP contribution in [0.25, 0.3) is 0 Å². The Morgan fingerprint density at radius 2 is 1.96 bits per heavy atom. The molecule has 6 heteroatoms. The normalized spacial score (nSPS) is 10.1. The summed E-state index contributed by atoms with van der Waals surface area (Å²) in [7, 11) is 1.60. The molecule has 0 aliphatic carbocycles. The van der Waals surface area contributed by atoms with Crippen molar-refractivity contribution in [1.82, 2.24) is 0 Å². The first-order chi connectivity index (χ1) is 11.5. The van der Waals surface area contributed by atoms with Gasteiger partial charge in [0, 0.05) is 11.8 Å². The Morgan fingerprint density at radius 3 is 2.67 bits per heavy atom. The van der Waals surface area contributed by atoms with Gasteiger partial charge in [0.15, 0.2) is 6.61 Å². The number of primary amides is 1. The maximum absolute atomic E-state index is 12.2. The van der Waals surface area contributed by atoms with Crippen LogP contribution in [0.15, 0.2) is 42.5 Å². The number of aryl methyl sites for hydroxylation is 1. The molecule has 0 atom stereocenters. The number of carbonyl (C=O) groups is 2. The molecule has 0 aliphatic rings. The van der Waals surface area contributed by atoms with Gasteiger partial charge in [0.2, 0.25) is 5.91 Å². The Bertz CT molecular complexity index is 744. The van der Waals surface area contributed by atoms with Crippen LogP contribution < -0.4 is 20.5 Å². The van der Waals surface area contributed by atoms with E-state index in [0.29, 0.717) is 11.4 Å². The van der Waals surface area contributed by atoms with Crippen LogP contribution in [-0.2, 0) is 16.0 Å². The van der Waals surface area contributed by atoms with Crippen LogP contribution in [-0.4, -0.2) is 25.5 Å². The van der Waals surface area contributed by atoms with E-state index in [1.165, 1.54) is 0 Å². The summed E-state index contributed by atoms with van der Waals surface area (Å²) in [6.45, 7) is 1.74. The van der Waals surface area contributed by atoms with Crippen molar-refractivity contribution in [2.45, 2.75) is 13.3 Å². The van der Waals surface area contributed by atoms with E-state index in [1.54, 1.807) is 31.4 Å². The van der Waals surface area contributed by atoms with Crippen LogP contribution in [0, 0.1) is 6.92 Å². The van der Waals surface area contributed by atoms with Gasteiger partial charge in [-0.25, -0.2) is 0 Å². The highest BCUT2D eigenvalue weighted by atomic mass is 16.5. The maximum atomic E-state index is 12.2. The minimum absolute atomic E-state index is 0.159. The summed E-state index contributed by atoms with van der Waals surface area (Å²) in [4.78, 5) is 22.9. The quantitative estimate of drug-likeness (QED) is 0.814. The first-order valence-corrected chi connectivity index (χ1v) is 7.42. The Morgan fingerprint density at radius 1 is 1.17 bits per heavy atom. The van der Waals surface area contributed by atoms with Crippen molar-refractivity contribution in [2.75, 3.05) is 19.0 Å². The molecular formula is C18H20N2O4. The third-order valence-electron chi connectivity index (χ3n) is 3.34. The number of carbonyl (C=O) groups excluding carboxylic acids is 2. The second-order valence-electron chi connectivity index (χ2n) is 5.31. The fourth-order valence-electron chi connectivity index (χ4n) is 2.18. The molecule has 2 aromatic rings. The smallest absolute Gasteiger partial charge is 0.255 e. The molecule has 0 fully saturated rings. The van der Waals surface area contributed by atoms with Crippen LogP contribution >= 0.6 is 0 Å². The standard InChI is InChI=1S/C18H20N2O4/c1-12-6-7-13(8-16(12)23-2)9-18(22)20-14-4-3-5-15(10-14)24-11-17(19)21/h3-8,10H,9,11H2,1-2H3,(H2,19,21)(H,20,22). The molecule has 2 amide bonds. The fourth-order valence-corrected chi connectivity index (χ4v) is 2.18. The van der Waals surface area contributed by atoms with Crippen LogP contribution in [0.5, 0.6) is 11.5 Å². The Kier molecular flexibility index (Phi) is 5.78. The van der Waals surface area contributed by atoms with Gasteiger partial charge in [-0.1, -0.05) is 18.2 Å². The highest BCUT2D eigenvalue weighted by molar-refractivity contribution is 5.92. The minimum atomic E-state index is -0.558. The number of anilines is 1. The van der Waals surface area contributed by atoms with Crippen molar-refractivity contribution >= 4 is 17.5 Å². The van der Waals surface area contributed by atoms with Gasteiger partial charge in [-0.05, 0) is 36.2 Å². The van der Waals surface area contributed by atoms with E-state index >= 15 is 0 Å².